The first-order valence-electron chi connectivity index (χ1n) is 5.08. The van der Waals surface area contributed by atoms with Gasteiger partial charge < -0.3 is 14.7 Å². The summed E-state index contributed by atoms with van der Waals surface area (Å²) in [6.07, 6.45) is 1.54. The molecular formula is C10H19NO3. The van der Waals surface area contributed by atoms with Crippen molar-refractivity contribution in [3.8, 4) is 0 Å². The van der Waals surface area contributed by atoms with E-state index in [2.05, 4.69) is 4.90 Å². The molecule has 1 aliphatic rings. The Balaban J connectivity index is 2.23. The summed E-state index contributed by atoms with van der Waals surface area (Å²) in [5.74, 6) is -0.354. The van der Waals surface area contributed by atoms with Crippen LogP contribution >= 0.6 is 0 Å². The molecule has 0 radical (unpaired) electrons. The van der Waals surface area contributed by atoms with Crippen molar-refractivity contribution in [2.24, 2.45) is 5.92 Å². The number of hydrogen-bond donors (Lipinski definition) is 1. The molecule has 1 aliphatic heterocycles. The van der Waals surface area contributed by atoms with Crippen LogP contribution in [0.3, 0.4) is 0 Å². The van der Waals surface area contributed by atoms with Gasteiger partial charge in [0.15, 0.2) is 0 Å². The number of hydrogen-bond acceptors (Lipinski definition) is 3. The van der Waals surface area contributed by atoms with Gasteiger partial charge >= 0.3 is 5.97 Å². The molecule has 0 aromatic rings. The fourth-order valence-corrected chi connectivity index (χ4v) is 1.93. The van der Waals surface area contributed by atoms with E-state index >= 15 is 0 Å². The molecule has 0 amide bonds. The number of nitrogens with zero attached hydrogens (tertiary/aromatic N) is 1. The average molecular weight is 201 g/mol. The number of ether oxygens (including phenoxy) is 1. The summed E-state index contributed by atoms with van der Waals surface area (Å²) in [6.45, 7) is 4.85. The number of carboxylic acid groups (broad SMARTS) is 1. The Hall–Kier alpha value is -0.610. The highest BCUT2D eigenvalue weighted by Gasteiger charge is 2.25. The third-order valence-electron chi connectivity index (χ3n) is 2.75. The maximum atomic E-state index is 10.5. The third kappa shape index (κ3) is 3.64. The third-order valence-corrected chi connectivity index (χ3v) is 2.75. The van der Waals surface area contributed by atoms with Gasteiger partial charge in [0, 0.05) is 26.6 Å². The predicted octanol–water partition coefficient (Wildman–Crippen LogP) is 0.818. The topological polar surface area (TPSA) is 49.8 Å². The molecule has 14 heavy (non-hydrogen) atoms. The minimum Gasteiger partial charge on any atom is -0.481 e. The normalized spacial score (nSPS) is 25.1. The van der Waals surface area contributed by atoms with Crippen molar-refractivity contribution in [2.45, 2.75) is 25.9 Å². The largest absolute Gasteiger partial charge is 0.481 e. The number of methoxy groups -OCH3 is 1. The van der Waals surface area contributed by atoms with Crippen LogP contribution in [0.15, 0.2) is 0 Å². The number of carboxylic acids is 1. The second kappa shape index (κ2) is 5.32. The lowest BCUT2D eigenvalue weighted by molar-refractivity contribution is -0.138. The van der Waals surface area contributed by atoms with E-state index in [1.165, 1.54) is 0 Å². The highest BCUT2D eigenvalue weighted by Crippen LogP contribution is 2.19. The van der Waals surface area contributed by atoms with Crippen LogP contribution in [0.5, 0.6) is 0 Å². The Labute approximate surface area is 84.8 Å². The molecule has 4 nitrogen and oxygen atoms in total. The molecule has 2 atom stereocenters. The number of carbonyl (C=O) groups is 1. The Kier molecular flexibility index (Phi) is 4.35. The fraction of sp³-hybridized carbons (Fsp3) is 0.900. The zero-order valence-electron chi connectivity index (χ0n) is 8.90. The minimum absolute atomic E-state index is 0.235. The Bertz CT molecular complexity index is 196. The summed E-state index contributed by atoms with van der Waals surface area (Å²) < 4.78 is 5.17. The Morgan fingerprint density at radius 1 is 1.71 bits per heavy atom. The van der Waals surface area contributed by atoms with Gasteiger partial charge in [-0.25, -0.2) is 0 Å². The van der Waals surface area contributed by atoms with Crippen molar-refractivity contribution in [2.75, 3.05) is 26.7 Å². The first-order chi connectivity index (χ1) is 6.61. The average Bonchev–Trinajstić information content (AvgIpc) is 2.51. The van der Waals surface area contributed by atoms with Crippen molar-refractivity contribution in [1.82, 2.24) is 4.90 Å². The van der Waals surface area contributed by atoms with E-state index < -0.39 is 5.97 Å². The van der Waals surface area contributed by atoms with Gasteiger partial charge in [0.25, 0.3) is 0 Å². The lowest BCUT2D eigenvalue weighted by Gasteiger charge is -2.19. The van der Waals surface area contributed by atoms with E-state index in [9.17, 15) is 4.79 Å². The van der Waals surface area contributed by atoms with Gasteiger partial charge in [0.2, 0.25) is 0 Å². The molecule has 1 saturated heterocycles. The Morgan fingerprint density at radius 2 is 2.43 bits per heavy atom. The summed E-state index contributed by atoms with van der Waals surface area (Å²) >= 11 is 0. The quantitative estimate of drug-likeness (QED) is 0.715. The molecule has 82 valence electrons. The van der Waals surface area contributed by atoms with Gasteiger partial charge in [-0.3, -0.25) is 4.79 Å². The number of rotatable bonds is 5. The van der Waals surface area contributed by atoms with E-state index in [-0.39, 0.29) is 6.10 Å². The smallest absolute Gasteiger partial charge is 0.303 e. The summed E-state index contributed by atoms with van der Waals surface area (Å²) in [6, 6.07) is 0. The molecule has 1 fully saturated rings. The molecule has 0 bridgehead atoms. The van der Waals surface area contributed by atoms with Crippen LogP contribution in [-0.2, 0) is 9.53 Å². The van der Waals surface area contributed by atoms with Gasteiger partial charge in [0.05, 0.1) is 6.10 Å². The SMILES string of the molecule is COC(C)CN1CCC(CC(=O)O)C1. The fourth-order valence-electron chi connectivity index (χ4n) is 1.93. The van der Waals surface area contributed by atoms with Crippen LogP contribution in [0.25, 0.3) is 0 Å². The second-order valence-electron chi connectivity index (χ2n) is 4.06. The Morgan fingerprint density at radius 3 is 3.00 bits per heavy atom. The van der Waals surface area contributed by atoms with Crippen molar-refractivity contribution in [1.29, 1.82) is 0 Å². The van der Waals surface area contributed by atoms with Crippen molar-refractivity contribution < 1.29 is 14.6 Å². The van der Waals surface area contributed by atoms with Gasteiger partial charge in [0.1, 0.15) is 0 Å². The molecule has 0 spiro atoms. The van der Waals surface area contributed by atoms with Crippen LogP contribution in [0.1, 0.15) is 19.8 Å². The molecule has 0 saturated carbocycles. The highest BCUT2D eigenvalue weighted by molar-refractivity contribution is 5.67. The van der Waals surface area contributed by atoms with E-state index in [0.29, 0.717) is 12.3 Å². The summed E-state index contributed by atoms with van der Waals surface area (Å²) in [7, 11) is 1.70. The standard InChI is InChI=1S/C10H19NO3/c1-8(14-2)6-11-4-3-9(7-11)5-10(12)13/h8-9H,3-7H2,1-2H3,(H,12,13). The summed E-state index contributed by atoms with van der Waals surface area (Å²) in [5.41, 5.74) is 0. The van der Waals surface area contributed by atoms with E-state index in [0.717, 1.165) is 26.1 Å². The van der Waals surface area contributed by atoms with Crippen molar-refractivity contribution in [3.05, 3.63) is 0 Å². The summed E-state index contributed by atoms with van der Waals surface area (Å²) in [4.78, 5) is 12.8. The zero-order valence-corrected chi connectivity index (χ0v) is 8.90. The molecule has 0 aromatic heterocycles. The van der Waals surface area contributed by atoms with Crippen LogP contribution < -0.4 is 0 Å². The van der Waals surface area contributed by atoms with Gasteiger partial charge in [-0.15, -0.1) is 0 Å². The highest BCUT2D eigenvalue weighted by atomic mass is 16.5. The number of aliphatic carboxylic acids is 1. The van der Waals surface area contributed by atoms with E-state index in [1.54, 1.807) is 7.11 Å². The molecule has 0 aliphatic carbocycles. The maximum Gasteiger partial charge on any atom is 0.303 e. The lowest BCUT2D eigenvalue weighted by Crippen LogP contribution is -2.30. The van der Waals surface area contributed by atoms with Gasteiger partial charge in [-0.1, -0.05) is 0 Å². The second-order valence-corrected chi connectivity index (χ2v) is 4.06. The molecule has 1 heterocycles. The van der Waals surface area contributed by atoms with Crippen molar-refractivity contribution in [3.63, 3.8) is 0 Å². The molecule has 1 rings (SSSR count). The van der Waals surface area contributed by atoms with Crippen molar-refractivity contribution >= 4 is 5.97 Å². The minimum atomic E-state index is -0.684. The van der Waals surface area contributed by atoms with Crippen LogP contribution in [-0.4, -0.2) is 48.8 Å². The van der Waals surface area contributed by atoms with Gasteiger partial charge in [-0.2, -0.15) is 0 Å². The molecular weight excluding hydrogens is 182 g/mol. The lowest BCUT2D eigenvalue weighted by atomic mass is 10.1. The van der Waals surface area contributed by atoms with Gasteiger partial charge in [-0.05, 0) is 25.8 Å². The van der Waals surface area contributed by atoms with Crippen LogP contribution in [0.4, 0.5) is 0 Å². The zero-order chi connectivity index (χ0) is 10.6. The first-order valence-corrected chi connectivity index (χ1v) is 5.08. The molecule has 4 heteroatoms. The maximum absolute atomic E-state index is 10.5. The van der Waals surface area contributed by atoms with E-state index in [4.69, 9.17) is 9.84 Å². The van der Waals surface area contributed by atoms with Crippen LogP contribution in [0, 0.1) is 5.92 Å². The first kappa shape index (κ1) is 11.5. The molecule has 1 N–H and O–H groups in total. The van der Waals surface area contributed by atoms with Crippen LogP contribution in [0.2, 0.25) is 0 Å². The predicted molar refractivity (Wildman–Crippen MR) is 53.3 cm³/mol. The number of likely N-dealkylation sites (tertiary alicyclic amines) is 1. The monoisotopic (exact) mass is 201 g/mol. The molecule has 2 unspecified atom stereocenters. The molecule has 0 aromatic carbocycles. The van der Waals surface area contributed by atoms with E-state index in [1.807, 2.05) is 6.92 Å². The summed E-state index contributed by atoms with van der Waals surface area (Å²) in [5, 5.41) is 8.65.